The van der Waals surface area contributed by atoms with Crippen molar-refractivity contribution in [2.45, 2.75) is 59.8 Å². The van der Waals surface area contributed by atoms with Gasteiger partial charge in [-0.15, -0.1) is 0 Å². The second kappa shape index (κ2) is 4.46. The molecule has 0 saturated heterocycles. The summed E-state index contributed by atoms with van der Waals surface area (Å²) in [4.78, 5) is 11.1. The van der Waals surface area contributed by atoms with Crippen LogP contribution in [0.3, 0.4) is 0 Å². The first-order valence-electron chi connectivity index (χ1n) is 5.88. The molecule has 0 aromatic heterocycles. The Morgan fingerprint density at radius 1 is 1.43 bits per heavy atom. The molecule has 1 heteroatoms. The fourth-order valence-corrected chi connectivity index (χ4v) is 2.79. The average Bonchev–Trinajstić information content (AvgIpc) is 2.30. The first-order chi connectivity index (χ1) is 6.37. The number of hydrogen-bond acceptors (Lipinski definition) is 1. The molecule has 0 aromatic carbocycles. The van der Waals surface area contributed by atoms with Gasteiger partial charge >= 0.3 is 0 Å². The average molecular weight is 196 g/mol. The van der Waals surface area contributed by atoms with Crippen LogP contribution in [0, 0.1) is 17.3 Å². The number of ketones is 1. The Hall–Kier alpha value is -0.330. The summed E-state index contributed by atoms with van der Waals surface area (Å²) in [6, 6.07) is 0. The molecular weight excluding hydrogens is 172 g/mol. The lowest BCUT2D eigenvalue weighted by atomic mass is 9.81. The lowest BCUT2D eigenvalue weighted by Crippen LogP contribution is -2.13. The van der Waals surface area contributed by atoms with Crippen molar-refractivity contribution in [2.24, 2.45) is 17.3 Å². The van der Waals surface area contributed by atoms with E-state index in [4.69, 9.17) is 0 Å². The number of hydrogen-bond donors (Lipinski definition) is 0. The molecular formula is C13H24O. The van der Waals surface area contributed by atoms with E-state index in [-0.39, 0.29) is 0 Å². The lowest BCUT2D eigenvalue weighted by Gasteiger charge is -2.24. The van der Waals surface area contributed by atoms with E-state index in [1.54, 1.807) is 0 Å². The van der Waals surface area contributed by atoms with Crippen molar-refractivity contribution in [3.63, 3.8) is 0 Å². The molecule has 82 valence electrons. The Morgan fingerprint density at radius 3 is 2.50 bits per heavy atom. The molecule has 0 N–H and O–H groups in total. The standard InChI is InChI=1S/C13H24O/c1-10(9-13(2,3)4)7-11-5-6-12(14)8-11/h10-11H,5-9H2,1-4H3. The molecule has 0 spiro atoms. The van der Waals surface area contributed by atoms with Gasteiger partial charge in [-0.2, -0.15) is 0 Å². The van der Waals surface area contributed by atoms with Crippen molar-refractivity contribution in [1.29, 1.82) is 0 Å². The van der Waals surface area contributed by atoms with Gasteiger partial charge in [-0.3, -0.25) is 4.79 Å². The minimum atomic E-state index is 0.433. The number of carbonyl (C=O) groups is 1. The Bertz CT molecular complexity index is 200. The van der Waals surface area contributed by atoms with Gasteiger partial charge in [0.2, 0.25) is 0 Å². The Labute approximate surface area is 88.3 Å². The Morgan fingerprint density at radius 2 is 2.07 bits per heavy atom. The predicted octanol–water partition coefficient (Wildman–Crippen LogP) is 3.82. The van der Waals surface area contributed by atoms with E-state index in [0.717, 1.165) is 25.2 Å². The monoisotopic (exact) mass is 196 g/mol. The molecule has 1 rings (SSSR count). The van der Waals surface area contributed by atoms with Crippen LogP contribution in [0.1, 0.15) is 59.8 Å². The van der Waals surface area contributed by atoms with Crippen molar-refractivity contribution in [2.75, 3.05) is 0 Å². The fraction of sp³-hybridized carbons (Fsp3) is 0.923. The molecule has 0 radical (unpaired) electrons. The van der Waals surface area contributed by atoms with E-state index in [9.17, 15) is 4.79 Å². The smallest absolute Gasteiger partial charge is 0.133 e. The highest BCUT2D eigenvalue weighted by Crippen LogP contribution is 2.33. The van der Waals surface area contributed by atoms with Crippen LogP contribution < -0.4 is 0 Å². The van der Waals surface area contributed by atoms with E-state index in [1.165, 1.54) is 12.8 Å². The summed E-state index contributed by atoms with van der Waals surface area (Å²) in [5.41, 5.74) is 0.433. The maximum atomic E-state index is 11.1. The van der Waals surface area contributed by atoms with Crippen LogP contribution in [-0.2, 0) is 4.79 Å². The van der Waals surface area contributed by atoms with Crippen molar-refractivity contribution in [3.8, 4) is 0 Å². The van der Waals surface area contributed by atoms with Crippen LogP contribution in [0.15, 0.2) is 0 Å². The van der Waals surface area contributed by atoms with Crippen LogP contribution in [0.4, 0.5) is 0 Å². The maximum absolute atomic E-state index is 11.1. The zero-order chi connectivity index (χ0) is 10.8. The Kier molecular flexibility index (Phi) is 3.74. The first kappa shape index (κ1) is 11.7. The van der Waals surface area contributed by atoms with Gasteiger partial charge in [-0.05, 0) is 36.5 Å². The lowest BCUT2D eigenvalue weighted by molar-refractivity contribution is -0.117. The van der Waals surface area contributed by atoms with Crippen LogP contribution in [-0.4, -0.2) is 5.78 Å². The van der Waals surface area contributed by atoms with Gasteiger partial charge < -0.3 is 0 Å². The quantitative estimate of drug-likeness (QED) is 0.670. The summed E-state index contributed by atoms with van der Waals surface area (Å²) < 4.78 is 0. The number of rotatable bonds is 3. The second-order valence-corrected chi connectivity index (χ2v) is 6.25. The molecule has 1 aliphatic carbocycles. The van der Waals surface area contributed by atoms with Gasteiger partial charge in [0.25, 0.3) is 0 Å². The molecule has 2 atom stereocenters. The molecule has 1 aliphatic rings. The summed E-state index contributed by atoms with van der Waals surface area (Å²) in [5, 5.41) is 0. The van der Waals surface area contributed by atoms with E-state index in [2.05, 4.69) is 27.7 Å². The molecule has 0 aromatic rings. The summed E-state index contributed by atoms with van der Waals surface area (Å²) >= 11 is 0. The largest absolute Gasteiger partial charge is 0.300 e. The summed E-state index contributed by atoms with van der Waals surface area (Å²) in [6.07, 6.45) is 5.37. The predicted molar refractivity (Wildman–Crippen MR) is 60.2 cm³/mol. The molecule has 1 nitrogen and oxygen atoms in total. The molecule has 2 unspecified atom stereocenters. The third-order valence-corrected chi connectivity index (χ3v) is 3.04. The van der Waals surface area contributed by atoms with Crippen LogP contribution in [0.2, 0.25) is 0 Å². The summed E-state index contributed by atoms with van der Waals surface area (Å²) in [6.45, 7) is 9.21. The summed E-state index contributed by atoms with van der Waals surface area (Å²) in [7, 11) is 0. The van der Waals surface area contributed by atoms with E-state index >= 15 is 0 Å². The van der Waals surface area contributed by atoms with E-state index in [1.807, 2.05) is 0 Å². The highest BCUT2D eigenvalue weighted by molar-refractivity contribution is 5.80. The van der Waals surface area contributed by atoms with Crippen molar-refractivity contribution in [3.05, 3.63) is 0 Å². The topological polar surface area (TPSA) is 17.1 Å². The van der Waals surface area contributed by atoms with Gasteiger partial charge in [0.05, 0.1) is 0 Å². The van der Waals surface area contributed by atoms with Crippen LogP contribution in [0.5, 0.6) is 0 Å². The third kappa shape index (κ3) is 4.26. The zero-order valence-electron chi connectivity index (χ0n) is 10.1. The third-order valence-electron chi connectivity index (χ3n) is 3.04. The van der Waals surface area contributed by atoms with Crippen molar-refractivity contribution in [1.82, 2.24) is 0 Å². The van der Waals surface area contributed by atoms with Gasteiger partial charge in [-0.1, -0.05) is 27.7 Å². The number of Topliss-reactive ketones (excluding diaryl/α,β-unsaturated/α-hetero) is 1. The highest BCUT2D eigenvalue weighted by atomic mass is 16.1. The number of carbonyl (C=O) groups excluding carboxylic acids is 1. The second-order valence-electron chi connectivity index (χ2n) is 6.25. The molecule has 0 amide bonds. The fourth-order valence-electron chi connectivity index (χ4n) is 2.79. The van der Waals surface area contributed by atoms with Gasteiger partial charge in [0.1, 0.15) is 5.78 Å². The SMILES string of the molecule is CC(CC1CCC(=O)C1)CC(C)(C)C. The Balaban J connectivity index is 2.27. The van der Waals surface area contributed by atoms with Gasteiger partial charge in [-0.25, -0.2) is 0 Å². The molecule has 14 heavy (non-hydrogen) atoms. The van der Waals surface area contributed by atoms with Gasteiger partial charge in [0.15, 0.2) is 0 Å². The van der Waals surface area contributed by atoms with Crippen molar-refractivity contribution >= 4 is 5.78 Å². The maximum Gasteiger partial charge on any atom is 0.133 e. The molecule has 1 fully saturated rings. The minimum absolute atomic E-state index is 0.433. The summed E-state index contributed by atoms with van der Waals surface area (Å²) in [5.74, 6) is 1.95. The van der Waals surface area contributed by atoms with Crippen LogP contribution >= 0.6 is 0 Å². The zero-order valence-corrected chi connectivity index (χ0v) is 10.1. The van der Waals surface area contributed by atoms with Crippen LogP contribution in [0.25, 0.3) is 0 Å². The van der Waals surface area contributed by atoms with E-state index in [0.29, 0.717) is 17.1 Å². The molecule has 0 aliphatic heterocycles. The first-order valence-corrected chi connectivity index (χ1v) is 5.88. The van der Waals surface area contributed by atoms with Gasteiger partial charge in [0, 0.05) is 12.8 Å². The molecule has 0 bridgehead atoms. The minimum Gasteiger partial charge on any atom is -0.300 e. The normalized spacial score (nSPS) is 25.4. The molecule has 1 saturated carbocycles. The van der Waals surface area contributed by atoms with E-state index < -0.39 is 0 Å². The van der Waals surface area contributed by atoms with Crippen molar-refractivity contribution < 1.29 is 4.79 Å². The highest BCUT2D eigenvalue weighted by Gasteiger charge is 2.25. The molecule has 0 heterocycles.